The molecule has 3 N–H and O–H groups in total. The fourth-order valence-corrected chi connectivity index (χ4v) is 1.66. The molecule has 2 heterocycles. The Labute approximate surface area is 103 Å². The number of ether oxygens (including phenoxy) is 2. The Kier molecular flexibility index (Phi) is 3.67. The van der Waals surface area contributed by atoms with E-state index in [0.717, 1.165) is 0 Å². The zero-order valence-corrected chi connectivity index (χ0v) is 9.59. The van der Waals surface area contributed by atoms with Gasteiger partial charge in [0, 0.05) is 0 Å². The average molecular weight is 258 g/mol. The largest absolute Gasteiger partial charge is 0.472 e. The van der Waals surface area contributed by atoms with Crippen molar-refractivity contribution in [3.8, 4) is 0 Å². The second-order valence-corrected chi connectivity index (χ2v) is 4.10. The Morgan fingerprint density at radius 1 is 1.28 bits per heavy atom. The highest BCUT2D eigenvalue weighted by Gasteiger charge is 2.43. The summed E-state index contributed by atoms with van der Waals surface area (Å²) in [5.74, 6) is -0.747. The number of furan rings is 1. The molecule has 1 aromatic heterocycles. The number of carbonyl (C=O) groups excluding carboxylic acids is 1. The van der Waals surface area contributed by atoms with Crippen LogP contribution >= 0.6 is 0 Å². The lowest BCUT2D eigenvalue weighted by atomic mass is 10.00. The van der Waals surface area contributed by atoms with E-state index in [2.05, 4.69) is 0 Å². The van der Waals surface area contributed by atoms with Gasteiger partial charge in [0.15, 0.2) is 0 Å². The summed E-state index contributed by atoms with van der Waals surface area (Å²) < 4.78 is 14.7. The predicted molar refractivity (Wildman–Crippen MR) is 56.5 cm³/mol. The molecule has 1 aromatic rings. The van der Waals surface area contributed by atoms with Crippen molar-refractivity contribution in [2.45, 2.75) is 37.6 Å². The van der Waals surface area contributed by atoms with Crippen LogP contribution in [-0.4, -0.2) is 52.0 Å². The Balaban J connectivity index is 2.03. The van der Waals surface area contributed by atoms with Gasteiger partial charge in [-0.05, 0) is 13.0 Å². The van der Waals surface area contributed by atoms with Crippen LogP contribution in [0.1, 0.15) is 17.3 Å². The van der Waals surface area contributed by atoms with Gasteiger partial charge >= 0.3 is 5.97 Å². The van der Waals surface area contributed by atoms with Gasteiger partial charge in [-0.3, -0.25) is 0 Å². The molecule has 1 aliphatic rings. The van der Waals surface area contributed by atoms with Crippen LogP contribution in [0.25, 0.3) is 0 Å². The number of aliphatic hydroxyl groups excluding tert-OH is 3. The molecule has 1 fully saturated rings. The van der Waals surface area contributed by atoms with Crippen molar-refractivity contribution >= 4 is 5.97 Å². The number of hydrogen-bond donors (Lipinski definition) is 3. The molecule has 0 aliphatic carbocycles. The SMILES string of the molecule is C[C@@H]1O[C@@H](OC(=O)c2ccoc2)[C@H](O)[C@H](O)[C@H]1O. The smallest absolute Gasteiger partial charge is 0.343 e. The standard InChI is InChI=1S/C11H14O7/c1-5-7(12)8(13)9(14)11(17-5)18-10(15)6-2-3-16-4-6/h2-5,7-9,11-14H,1H3/t5-,7-,8+,9+,11-/m0/s1. The second-order valence-electron chi connectivity index (χ2n) is 4.10. The van der Waals surface area contributed by atoms with Gasteiger partial charge < -0.3 is 29.2 Å². The maximum absolute atomic E-state index is 11.6. The molecule has 0 spiro atoms. The van der Waals surface area contributed by atoms with E-state index in [1.165, 1.54) is 25.5 Å². The number of rotatable bonds is 2. The highest BCUT2D eigenvalue weighted by molar-refractivity contribution is 5.88. The summed E-state index contributed by atoms with van der Waals surface area (Å²) in [4.78, 5) is 11.6. The molecular weight excluding hydrogens is 244 g/mol. The first-order valence-electron chi connectivity index (χ1n) is 5.43. The molecular formula is C11H14O7. The third kappa shape index (κ3) is 2.39. The summed E-state index contributed by atoms with van der Waals surface area (Å²) in [6, 6.07) is 1.40. The minimum atomic E-state index is -1.51. The van der Waals surface area contributed by atoms with Crippen molar-refractivity contribution in [3.05, 3.63) is 24.2 Å². The normalized spacial score (nSPS) is 36.3. The van der Waals surface area contributed by atoms with Gasteiger partial charge in [-0.15, -0.1) is 0 Å². The van der Waals surface area contributed by atoms with E-state index in [4.69, 9.17) is 13.9 Å². The Hall–Kier alpha value is -1.41. The Morgan fingerprint density at radius 2 is 2.00 bits per heavy atom. The highest BCUT2D eigenvalue weighted by atomic mass is 16.7. The monoisotopic (exact) mass is 258 g/mol. The molecule has 1 saturated heterocycles. The quantitative estimate of drug-likeness (QED) is 0.599. The van der Waals surface area contributed by atoms with Crippen LogP contribution in [0, 0.1) is 0 Å². The maximum Gasteiger partial charge on any atom is 0.343 e. The van der Waals surface area contributed by atoms with Gasteiger partial charge in [0.25, 0.3) is 0 Å². The minimum absolute atomic E-state index is 0.166. The van der Waals surface area contributed by atoms with Crippen LogP contribution in [0.5, 0.6) is 0 Å². The summed E-state index contributed by atoms with van der Waals surface area (Å²) in [5, 5.41) is 28.6. The molecule has 0 unspecified atom stereocenters. The first-order valence-corrected chi connectivity index (χ1v) is 5.43. The molecule has 0 saturated carbocycles. The summed E-state index contributed by atoms with van der Waals surface area (Å²) in [6.07, 6.45) is -3.78. The summed E-state index contributed by atoms with van der Waals surface area (Å²) >= 11 is 0. The molecule has 1 aliphatic heterocycles. The maximum atomic E-state index is 11.6. The lowest BCUT2D eigenvalue weighted by Gasteiger charge is -2.38. The highest BCUT2D eigenvalue weighted by Crippen LogP contribution is 2.22. The first-order chi connectivity index (χ1) is 8.50. The molecule has 18 heavy (non-hydrogen) atoms. The van der Waals surface area contributed by atoms with Crippen LogP contribution in [0.15, 0.2) is 23.0 Å². The molecule has 5 atom stereocenters. The van der Waals surface area contributed by atoms with E-state index < -0.39 is 36.7 Å². The topological polar surface area (TPSA) is 109 Å². The molecule has 100 valence electrons. The van der Waals surface area contributed by atoms with E-state index >= 15 is 0 Å². The summed E-state index contributed by atoms with van der Waals surface area (Å²) in [7, 11) is 0. The van der Waals surface area contributed by atoms with Crippen molar-refractivity contribution in [1.29, 1.82) is 0 Å². The van der Waals surface area contributed by atoms with Crippen molar-refractivity contribution < 1.29 is 34.0 Å². The second kappa shape index (κ2) is 5.07. The number of hydrogen-bond acceptors (Lipinski definition) is 7. The van der Waals surface area contributed by atoms with Crippen molar-refractivity contribution in [2.75, 3.05) is 0 Å². The van der Waals surface area contributed by atoms with Gasteiger partial charge in [-0.25, -0.2) is 4.79 Å². The lowest BCUT2D eigenvalue weighted by Crippen LogP contribution is -2.57. The van der Waals surface area contributed by atoms with Gasteiger partial charge in [0.2, 0.25) is 6.29 Å². The van der Waals surface area contributed by atoms with Crippen molar-refractivity contribution in [2.24, 2.45) is 0 Å². The number of carbonyl (C=O) groups is 1. The van der Waals surface area contributed by atoms with Gasteiger partial charge in [-0.1, -0.05) is 0 Å². The third-order valence-corrected chi connectivity index (χ3v) is 2.79. The van der Waals surface area contributed by atoms with E-state index in [1.807, 2.05) is 0 Å². The molecule has 0 amide bonds. The molecule has 0 bridgehead atoms. The third-order valence-electron chi connectivity index (χ3n) is 2.79. The fraction of sp³-hybridized carbons (Fsp3) is 0.545. The molecule has 0 aromatic carbocycles. The fourth-order valence-electron chi connectivity index (χ4n) is 1.66. The Morgan fingerprint density at radius 3 is 2.61 bits per heavy atom. The van der Waals surface area contributed by atoms with Crippen LogP contribution < -0.4 is 0 Å². The van der Waals surface area contributed by atoms with Crippen LogP contribution in [-0.2, 0) is 9.47 Å². The van der Waals surface area contributed by atoms with Crippen molar-refractivity contribution in [3.63, 3.8) is 0 Å². The van der Waals surface area contributed by atoms with E-state index in [0.29, 0.717) is 0 Å². The molecule has 0 radical (unpaired) electrons. The van der Waals surface area contributed by atoms with E-state index in [9.17, 15) is 20.1 Å². The van der Waals surface area contributed by atoms with Gasteiger partial charge in [0.05, 0.1) is 17.9 Å². The Bertz CT molecular complexity index is 402. The zero-order chi connectivity index (χ0) is 13.3. The van der Waals surface area contributed by atoms with E-state index in [-0.39, 0.29) is 5.56 Å². The van der Waals surface area contributed by atoms with Gasteiger partial charge in [0.1, 0.15) is 24.6 Å². The zero-order valence-electron chi connectivity index (χ0n) is 9.59. The minimum Gasteiger partial charge on any atom is -0.472 e. The first kappa shape index (κ1) is 13.0. The van der Waals surface area contributed by atoms with Crippen LogP contribution in [0.4, 0.5) is 0 Å². The lowest BCUT2D eigenvalue weighted by molar-refractivity contribution is -0.276. The number of esters is 1. The van der Waals surface area contributed by atoms with Crippen molar-refractivity contribution in [1.82, 2.24) is 0 Å². The summed E-state index contributed by atoms with van der Waals surface area (Å²) in [6.45, 7) is 1.50. The number of aliphatic hydroxyl groups is 3. The van der Waals surface area contributed by atoms with Gasteiger partial charge in [-0.2, -0.15) is 0 Å². The molecule has 7 nitrogen and oxygen atoms in total. The van der Waals surface area contributed by atoms with Crippen LogP contribution in [0.2, 0.25) is 0 Å². The molecule has 7 heteroatoms. The predicted octanol–water partition coefficient (Wildman–Crippen LogP) is -0.736. The average Bonchev–Trinajstić information content (AvgIpc) is 2.87. The van der Waals surface area contributed by atoms with Crippen LogP contribution in [0.3, 0.4) is 0 Å². The summed E-state index contributed by atoms with van der Waals surface area (Å²) in [5.41, 5.74) is 0.166. The molecule has 2 rings (SSSR count). The van der Waals surface area contributed by atoms with E-state index in [1.54, 1.807) is 0 Å².